The number of nitrogens with two attached hydrogens (primary N) is 1. The van der Waals surface area contributed by atoms with Gasteiger partial charge in [0.15, 0.2) is 5.69 Å². The molecule has 0 saturated carbocycles. The summed E-state index contributed by atoms with van der Waals surface area (Å²) in [5.74, 6) is 5.94. The topological polar surface area (TPSA) is 92.9 Å². The molecule has 7 heteroatoms. The predicted octanol–water partition coefficient (Wildman–Crippen LogP) is 1.76. The Morgan fingerprint density at radius 2 is 2.15 bits per heavy atom. The second-order valence-corrected chi connectivity index (χ2v) is 6.95. The number of anilines is 1. The normalized spacial score (nSPS) is 11.6. The number of thioether (sulfide) groups is 1. The summed E-state index contributed by atoms with van der Waals surface area (Å²) in [7, 11) is 0. The van der Waals surface area contributed by atoms with E-state index in [1.807, 2.05) is 20.1 Å². The van der Waals surface area contributed by atoms with Gasteiger partial charge in [-0.1, -0.05) is 13.8 Å². The third kappa shape index (κ3) is 4.35. The number of nitrogens with zero attached hydrogens (tertiary/aromatic N) is 2. The van der Waals surface area contributed by atoms with E-state index in [1.165, 1.54) is 6.20 Å². The second-order valence-electron chi connectivity index (χ2n) is 5.44. The summed E-state index contributed by atoms with van der Waals surface area (Å²) in [6.45, 7) is 8.64. The largest absolute Gasteiger partial charge is 0.349 e. The van der Waals surface area contributed by atoms with E-state index in [2.05, 4.69) is 34.6 Å². The van der Waals surface area contributed by atoms with Crippen LogP contribution in [0.15, 0.2) is 6.20 Å². The van der Waals surface area contributed by atoms with Crippen LogP contribution in [-0.4, -0.2) is 33.4 Å². The molecule has 0 bridgehead atoms. The van der Waals surface area contributed by atoms with E-state index >= 15 is 0 Å². The first kappa shape index (κ1) is 16.7. The predicted molar refractivity (Wildman–Crippen MR) is 83.9 cm³/mol. The molecular formula is C13H23N5OS. The van der Waals surface area contributed by atoms with Crippen LogP contribution in [0.3, 0.4) is 0 Å². The number of nitrogen functional groups attached to an aromatic ring is 1. The van der Waals surface area contributed by atoms with E-state index in [-0.39, 0.29) is 22.3 Å². The zero-order valence-electron chi connectivity index (χ0n) is 12.7. The first-order chi connectivity index (χ1) is 9.30. The summed E-state index contributed by atoms with van der Waals surface area (Å²) in [4.78, 5) is 20.7. The van der Waals surface area contributed by atoms with Crippen molar-refractivity contribution >= 4 is 23.4 Å². The Labute approximate surface area is 124 Å². The van der Waals surface area contributed by atoms with Crippen LogP contribution in [0.4, 0.5) is 5.69 Å². The van der Waals surface area contributed by atoms with Gasteiger partial charge in [0.05, 0.1) is 11.9 Å². The molecule has 20 heavy (non-hydrogen) atoms. The van der Waals surface area contributed by atoms with Crippen LogP contribution in [0.5, 0.6) is 0 Å². The van der Waals surface area contributed by atoms with Gasteiger partial charge >= 0.3 is 0 Å². The highest BCUT2D eigenvalue weighted by atomic mass is 32.2. The van der Waals surface area contributed by atoms with Crippen LogP contribution < -0.4 is 16.6 Å². The minimum Gasteiger partial charge on any atom is -0.349 e. The first-order valence-corrected chi connectivity index (χ1v) is 7.70. The van der Waals surface area contributed by atoms with Crippen molar-refractivity contribution in [3.63, 3.8) is 0 Å². The molecule has 0 spiro atoms. The molecule has 4 N–H and O–H groups in total. The third-order valence-corrected chi connectivity index (χ3v) is 4.17. The molecule has 112 valence electrons. The molecule has 1 rings (SSSR count). The molecule has 0 saturated heterocycles. The fourth-order valence-electron chi connectivity index (χ4n) is 1.40. The third-order valence-electron chi connectivity index (χ3n) is 2.92. The van der Waals surface area contributed by atoms with Crippen molar-refractivity contribution in [3.8, 4) is 0 Å². The van der Waals surface area contributed by atoms with Crippen LogP contribution in [-0.2, 0) is 0 Å². The molecule has 0 aliphatic rings. The highest BCUT2D eigenvalue weighted by molar-refractivity contribution is 7.99. The van der Waals surface area contributed by atoms with Gasteiger partial charge in [0.1, 0.15) is 5.82 Å². The number of hydrogen-bond donors (Lipinski definition) is 3. The molecule has 1 amide bonds. The molecule has 6 nitrogen and oxygen atoms in total. The average Bonchev–Trinajstić information content (AvgIpc) is 2.44. The molecule has 0 aromatic carbocycles. The van der Waals surface area contributed by atoms with Crippen LogP contribution in [0.1, 0.15) is 49.9 Å². The van der Waals surface area contributed by atoms with Crippen molar-refractivity contribution < 1.29 is 4.79 Å². The summed E-state index contributed by atoms with van der Waals surface area (Å²) in [6.07, 6.45) is 3.55. The van der Waals surface area contributed by atoms with Crippen LogP contribution in [0.25, 0.3) is 0 Å². The van der Waals surface area contributed by atoms with E-state index in [0.29, 0.717) is 18.1 Å². The van der Waals surface area contributed by atoms with E-state index in [0.717, 1.165) is 0 Å². The minimum absolute atomic E-state index is 0.0279. The van der Waals surface area contributed by atoms with Gasteiger partial charge in [0.25, 0.3) is 5.91 Å². The lowest BCUT2D eigenvalue weighted by Crippen LogP contribution is -2.37. The lowest BCUT2D eigenvalue weighted by Gasteiger charge is -2.22. The summed E-state index contributed by atoms with van der Waals surface area (Å²) in [5.41, 5.74) is 3.17. The maximum Gasteiger partial charge on any atom is 0.272 e. The zero-order valence-corrected chi connectivity index (χ0v) is 13.5. The first-order valence-electron chi connectivity index (χ1n) is 6.47. The summed E-state index contributed by atoms with van der Waals surface area (Å²) in [5, 5.41) is 2.89. The molecular weight excluding hydrogens is 274 g/mol. The maximum absolute atomic E-state index is 12.3. The van der Waals surface area contributed by atoms with Gasteiger partial charge in [0, 0.05) is 17.2 Å². The number of carbonyl (C=O) groups is 1. The Balaban J connectivity index is 2.93. The van der Waals surface area contributed by atoms with Crippen molar-refractivity contribution in [2.75, 3.05) is 18.2 Å². The Morgan fingerprint density at radius 3 is 2.65 bits per heavy atom. The van der Waals surface area contributed by atoms with Gasteiger partial charge < -0.3 is 10.7 Å². The van der Waals surface area contributed by atoms with Crippen molar-refractivity contribution in [1.82, 2.24) is 15.3 Å². The standard InChI is InChI=1S/C13H23N5OS/c1-8(2)11-15-6-9(18-14)10(17-11)12(19)16-7-13(3,4)20-5/h6,8,18H,7,14H2,1-5H3,(H,16,19). The van der Waals surface area contributed by atoms with Gasteiger partial charge in [-0.2, -0.15) is 11.8 Å². The van der Waals surface area contributed by atoms with Crippen LogP contribution in [0, 0.1) is 0 Å². The Hall–Kier alpha value is -1.34. The molecule has 1 aromatic rings. The number of hydrazine groups is 1. The zero-order chi connectivity index (χ0) is 15.3. The number of carbonyl (C=O) groups excluding carboxylic acids is 1. The molecule has 0 fully saturated rings. The summed E-state index contributed by atoms with van der Waals surface area (Å²) >= 11 is 1.69. The minimum atomic E-state index is -0.246. The van der Waals surface area contributed by atoms with Gasteiger partial charge in [-0.05, 0) is 20.1 Å². The van der Waals surface area contributed by atoms with E-state index < -0.39 is 0 Å². The monoisotopic (exact) mass is 297 g/mol. The van der Waals surface area contributed by atoms with E-state index in [4.69, 9.17) is 5.84 Å². The number of nitrogens with one attached hydrogen (secondary N) is 2. The van der Waals surface area contributed by atoms with Crippen LogP contribution >= 0.6 is 11.8 Å². The quantitative estimate of drug-likeness (QED) is 0.547. The number of aromatic nitrogens is 2. The Kier molecular flexibility index (Phi) is 5.76. The highest BCUT2D eigenvalue weighted by Crippen LogP contribution is 2.20. The van der Waals surface area contributed by atoms with Crippen molar-refractivity contribution in [3.05, 3.63) is 17.7 Å². The molecule has 0 aliphatic carbocycles. The smallest absolute Gasteiger partial charge is 0.272 e. The number of hydrogen-bond acceptors (Lipinski definition) is 6. The van der Waals surface area contributed by atoms with E-state index in [9.17, 15) is 4.79 Å². The van der Waals surface area contributed by atoms with Gasteiger partial charge in [-0.25, -0.2) is 9.97 Å². The number of rotatable bonds is 6. The molecule has 0 unspecified atom stereocenters. The molecule has 1 aromatic heterocycles. The molecule has 0 atom stereocenters. The fraction of sp³-hybridized carbons (Fsp3) is 0.615. The lowest BCUT2D eigenvalue weighted by atomic mass is 10.2. The Morgan fingerprint density at radius 1 is 1.50 bits per heavy atom. The van der Waals surface area contributed by atoms with Crippen molar-refractivity contribution in [2.45, 2.75) is 38.4 Å². The van der Waals surface area contributed by atoms with Crippen molar-refractivity contribution in [1.29, 1.82) is 0 Å². The molecule has 0 aliphatic heterocycles. The summed E-state index contributed by atoms with van der Waals surface area (Å²) in [6, 6.07) is 0. The highest BCUT2D eigenvalue weighted by Gasteiger charge is 2.20. The second kappa shape index (κ2) is 6.90. The number of amides is 1. The van der Waals surface area contributed by atoms with E-state index in [1.54, 1.807) is 11.8 Å². The van der Waals surface area contributed by atoms with Gasteiger partial charge in [-0.3, -0.25) is 10.6 Å². The SMILES string of the molecule is CSC(C)(C)CNC(=O)c1nc(C(C)C)ncc1NN. The lowest BCUT2D eigenvalue weighted by molar-refractivity contribution is 0.0946. The van der Waals surface area contributed by atoms with Gasteiger partial charge in [0.2, 0.25) is 0 Å². The molecule has 0 radical (unpaired) electrons. The van der Waals surface area contributed by atoms with Crippen molar-refractivity contribution in [2.24, 2.45) is 5.84 Å². The van der Waals surface area contributed by atoms with Crippen LogP contribution in [0.2, 0.25) is 0 Å². The fourth-order valence-corrected chi connectivity index (χ4v) is 1.62. The Bertz CT molecular complexity index is 476. The molecule has 1 heterocycles. The average molecular weight is 297 g/mol. The maximum atomic E-state index is 12.3. The van der Waals surface area contributed by atoms with Gasteiger partial charge in [-0.15, -0.1) is 0 Å². The summed E-state index contributed by atoms with van der Waals surface area (Å²) < 4.78 is -0.0279.